The van der Waals surface area contributed by atoms with Gasteiger partial charge in [-0.05, 0) is 17.9 Å². The maximum Gasteiger partial charge on any atom is 0.186 e. The Labute approximate surface area is 117 Å². The van der Waals surface area contributed by atoms with Gasteiger partial charge in [-0.25, -0.2) is 4.68 Å². The smallest absolute Gasteiger partial charge is 0.186 e. The second-order valence-electron chi connectivity index (χ2n) is 4.66. The number of hydrogen-bond acceptors (Lipinski definition) is 3. The zero-order valence-electron chi connectivity index (χ0n) is 11.2. The molecule has 0 bridgehead atoms. The fraction of sp³-hybridized carbons (Fsp3) is 0.188. The highest BCUT2D eigenvalue weighted by molar-refractivity contribution is 5.90. The maximum absolute atomic E-state index is 9.15. The normalized spacial score (nSPS) is 10.6. The first-order chi connectivity index (χ1) is 9.85. The Morgan fingerprint density at radius 2 is 1.95 bits per heavy atom. The molecule has 2 aromatic carbocycles. The molecule has 0 aliphatic heterocycles. The molecule has 0 saturated heterocycles. The molecule has 0 radical (unpaired) electrons. The van der Waals surface area contributed by atoms with E-state index in [-0.39, 0.29) is 0 Å². The van der Waals surface area contributed by atoms with Crippen LogP contribution in [0.2, 0.25) is 0 Å². The van der Waals surface area contributed by atoms with Crippen molar-refractivity contribution in [3.63, 3.8) is 0 Å². The van der Waals surface area contributed by atoms with Crippen molar-refractivity contribution >= 4 is 10.8 Å². The van der Waals surface area contributed by atoms with Gasteiger partial charge in [-0.3, -0.25) is 0 Å². The van der Waals surface area contributed by atoms with Crippen molar-refractivity contribution in [3.8, 4) is 11.8 Å². The van der Waals surface area contributed by atoms with Gasteiger partial charge in [-0.1, -0.05) is 55.0 Å². The van der Waals surface area contributed by atoms with Crippen LogP contribution in [0.5, 0.6) is 0 Å². The van der Waals surface area contributed by atoms with Crippen LogP contribution in [-0.2, 0) is 6.42 Å². The van der Waals surface area contributed by atoms with E-state index < -0.39 is 0 Å². The molecule has 3 rings (SSSR count). The van der Waals surface area contributed by atoms with Crippen LogP contribution in [-0.4, -0.2) is 15.0 Å². The molecular formula is C16H14N4. The summed E-state index contributed by atoms with van der Waals surface area (Å²) < 4.78 is 1.80. The van der Waals surface area contributed by atoms with E-state index in [1.165, 1.54) is 0 Å². The minimum Gasteiger partial charge on any atom is -0.216 e. The lowest BCUT2D eigenvalue weighted by Crippen LogP contribution is -2.03. The van der Waals surface area contributed by atoms with Crippen molar-refractivity contribution in [1.29, 1.82) is 5.26 Å². The molecule has 0 saturated carbocycles. The van der Waals surface area contributed by atoms with E-state index in [9.17, 15) is 0 Å². The Balaban J connectivity index is 2.26. The topological polar surface area (TPSA) is 54.5 Å². The highest BCUT2D eigenvalue weighted by Gasteiger charge is 2.14. The van der Waals surface area contributed by atoms with Crippen LogP contribution in [0.4, 0.5) is 0 Å². The fourth-order valence-corrected chi connectivity index (χ4v) is 2.44. The number of hydrogen-bond donors (Lipinski definition) is 0. The summed E-state index contributed by atoms with van der Waals surface area (Å²) in [7, 11) is 0. The third kappa shape index (κ3) is 1.94. The largest absolute Gasteiger partial charge is 0.216 e. The van der Waals surface area contributed by atoms with Crippen LogP contribution in [0, 0.1) is 11.3 Å². The van der Waals surface area contributed by atoms with Gasteiger partial charge in [0.2, 0.25) is 0 Å². The fourth-order valence-electron chi connectivity index (χ4n) is 2.44. The van der Waals surface area contributed by atoms with Crippen LogP contribution in [0.1, 0.15) is 24.7 Å². The average Bonchev–Trinajstić information content (AvgIpc) is 2.90. The molecule has 0 unspecified atom stereocenters. The van der Waals surface area contributed by atoms with Crippen molar-refractivity contribution in [1.82, 2.24) is 15.0 Å². The predicted molar refractivity (Wildman–Crippen MR) is 77.6 cm³/mol. The molecule has 0 fully saturated rings. The highest BCUT2D eigenvalue weighted by Crippen LogP contribution is 2.23. The highest BCUT2D eigenvalue weighted by atomic mass is 15.4. The van der Waals surface area contributed by atoms with E-state index in [0.717, 1.165) is 35.0 Å². The van der Waals surface area contributed by atoms with Gasteiger partial charge in [-0.15, -0.1) is 5.10 Å². The number of rotatable bonds is 3. The molecule has 0 N–H and O–H groups in total. The minimum atomic E-state index is 0.416. The zero-order valence-corrected chi connectivity index (χ0v) is 11.2. The summed E-state index contributed by atoms with van der Waals surface area (Å²) in [5.74, 6) is 0. The van der Waals surface area contributed by atoms with Gasteiger partial charge in [0.25, 0.3) is 0 Å². The summed E-state index contributed by atoms with van der Waals surface area (Å²) >= 11 is 0. The molecule has 0 spiro atoms. The van der Waals surface area contributed by atoms with E-state index in [4.69, 9.17) is 5.26 Å². The maximum atomic E-state index is 9.15. The molecule has 4 heteroatoms. The summed E-state index contributed by atoms with van der Waals surface area (Å²) in [5, 5.41) is 19.6. The first-order valence-electron chi connectivity index (χ1n) is 6.68. The van der Waals surface area contributed by atoms with Gasteiger partial charge in [-0.2, -0.15) is 5.26 Å². The molecule has 0 amide bonds. The summed E-state index contributed by atoms with van der Waals surface area (Å²) in [4.78, 5) is 0. The van der Waals surface area contributed by atoms with Crippen molar-refractivity contribution in [3.05, 3.63) is 53.9 Å². The first-order valence-corrected chi connectivity index (χ1v) is 6.68. The first kappa shape index (κ1) is 12.4. The summed E-state index contributed by atoms with van der Waals surface area (Å²) in [5.41, 5.74) is 2.27. The van der Waals surface area contributed by atoms with Gasteiger partial charge in [0.15, 0.2) is 5.69 Å². The Morgan fingerprint density at radius 1 is 1.15 bits per heavy atom. The predicted octanol–water partition coefficient (Wildman–Crippen LogP) is 3.24. The van der Waals surface area contributed by atoms with Crippen molar-refractivity contribution in [2.24, 2.45) is 0 Å². The van der Waals surface area contributed by atoms with Gasteiger partial charge in [0.05, 0.1) is 11.4 Å². The number of fused-ring (bicyclic) bond motifs is 1. The third-order valence-electron chi connectivity index (χ3n) is 3.35. The lowest BCUT2D eigenvalue weighted by atomic mass is 10.1. The molecule has 1 heterocycles. The molecule has 3 aromatic rings. The van der Waals surface area contributed by atoms with Crippen LogP contribution in [0.3, 0.4) is 0 Å². The molecule has 0 aliphatic carbocycles. The van der Waals surface area contributed by atoms with Gasteiger partial charge >= 0.3 is 0 Å². The van der Waals surface area contributed by atoms with Crippen LogP contribution in [0.15, 0.2) is 42.5 Å². The quantitative estimate of drug-likeness (QED) is 0.728. The van der Waals surface area contributed by atoms with E-state index in [1.54, 1.807) is 4.68 Å². The molecule has 0 aliphatic rings. The van der Waals surface area contributed by atoms with Crippen LogP contribution < -0.4 is 0 Å². The zero-order chi connectivity index (χ0) is 13.9. The monoisotopic (exact) mass is 262 g/mol. The molecule has 98 valence electrons. The summed E-state index contributed by atoms with van der Waals surface area (Å²) in [6.45, 7) is 2.08. The van der Waals surface area contributed by atoms with Crippen molar-refractivity contribution < 1.29 is 0 Å². The Kier molecular flexibility index (Phi) is 3.18. The van der Waals surface area contributed by atoms with Crippen molar-refractivity contribution in [2.75, 3.05) is 0 Å². The second-order valence-corrected chi connectivity index (χ2v) is 4.66. The molecule has 1 aromatic heterocycles. The van der Waals surface area contributed by atoms with E-state index in [2.05, 4.69) is 41.5 Å². The number of aromatic nitrogens is 3. The van der Waals surface area contributed by atoms with Crippen molar-refractivity contribution in [2.45, 2.75) is 19.8 Å². The SMILES string of the molecule is CCCc1c(C#N)nnn1-c1cccc2ccccc12. The number of benzene rings is 2. The van der Waals surface area contributed by atoms with Gasteiger partial charge in [0, 0.05) is 5.39 Å². The molecule has 4 nitrogen and oxygen atoms in total. The van der Waals surface area contributed by atoms with E-state index >= 15 is 0 Å². The Bertz CT molecular complexity index is 790. The summed E-state index contributed by atoms with van der Waals surface area (Å²) in [6.07, 6.45) is 1.74. The van der Waals surface area contributed by atoms with E-state index in [0.29, 0.717) is 5.69 Å². The average molecular weight is 262 g/mol. The summed E-state index contributed by atoms with van der Waals surface area (Å²) in [6, 6.07) is 16.4. The Morgan fingerprint density at radius 3 is 2.75 bits per heavy atom. The van der Waals surface area contributed by atoms with Crippen LogP contribution in [0.25, 0.3) is 16.5 Å². The van der Waals surface area contributed by atoms with E-state index in [1.807, 2.05) is 24.3 Å². The van der Waals surface area contributed by atoms with Crippen LogP contribution >= 0.6 is 0 Å². The molecule has 20 heavy (non-hydrogen) atoms. The Hall–Kier alpha value is -2.67. The van der Waals surface area contributed by atoms with Gasteiger partial charge < -0.3 is 0 Å². The lowest BCUT2D eigenvalue weighted by Gasteiger charge is -2.09. The standard InChI is InChI=1S/C16H14N4/c1-2-6-16-14(11-17)18-19-20(16)15-10-5-8-12-7-3-4-9-13(12)15/h3-5,7-10H,2,6H2,1H3. The lowest BCUT2D eigenvalue weighted by molar-refractivity contribution is 0.749. The van der Waals surface area contributed by atoms with Gasteiger partial charge in [0.1, 0.15) is 6.07 Å². The number of nitrogens with zero attached hydrogens (tertiary/aromatic N) is 4. The number of nitriles is 1. The second kappa shape index (κ2) is 5.14. The third-order valence-corrected chi connectivity index (χ3v) is 3.35. The molecular weight excluding hydrogens is 248 g/mol. The minimum absolute atomic E-state index is 0.416. The molecule has 0 atom stereocenters.